The van der Waals surface area contributed by atoms with Gasteiger partial charge in [-0.25, -0.2) is 8.42 Å². The van der Waals surface area contributed by atoms with Crippen LogP contribution in [0.2, 0.25) is 0 Å². The summed E-state index contributed by atoms with van der Waals surface area (Å²) in [6.07, 6.45) is 4.51. The number of amides is 1. The second-order valence-electron chi connectivity index (χ2n) is 8.14. The Kier molecular flexibility index (Phi) is 6.03. The Hall–Kier alpha value is -2.34. The van der Waals surface area contributed by atoms with Gasteiger partial charge in [0.1, 0.15) is 6.04 Å². The zero-order valence-corrected chi connectivity index (χ0v) is 18.6. The number of rotatable bonds is 6. The number of nitrogens with zero attached hydrogens (tertiary/aromatic N) is 1. The summed E-state index contributed by atoms with van der Waals surface area (Å²) in [6.45, 7) is 7.33. The molecule has 1 amide bonds. The number of fused-ring (bicyclic) bond motifs is 1. The van der Waals surface area contributed by atoms with Crippen molar-refractivity contribution >= 4 is 21.6 Å². The smallest absolute Gasteiger partial charge is 0.244 e. The predicted molar refractivity (Wildman–Crippen MR) is 118 cm³/mol. The van der Waals surface area contributed by atoms with Gasteiger partial charge in [0.05, 0.1) is 18.0 Å². The number of anilines is 1. The average Bonchev–Trinajstić information content (AvgIpc) is 3.11. The topological polar surface area (TPSA) is 66.5 Å². The van der Waals surface area contributed by atoms with Crippen LogP contribution in [0.3, 0.4) is 0 Å². The number of nitrogens with one attached hydrogen (secondary N) is 1. The summed E-state index contributed by atoms with van der Waals surface area (Å²) in [7, 11) is -3.64. The van der Waals surface area contributed by atoms with Crippen LogP contribution in [0.1, 0.15) is 54.1 Å². The van der Waals surface area contributed by atoms with Crippen molar-refractivity contribution in [2.75, 3.05) is 10.6 Å². The number of sulfonamides is 1. The van der Waals surface area contributed by atoms with Gasteiger partial charge in [-0.1, -0.05) is 30.3 Å². The lowest BCUT2D eigenvalue weighted by atomic mass is 10.0. The Labute approximate surface area is 174 Å². The minimum absolute atomic E-state index is 0.198. The molecule has 1 N–H and O–H groups in total. The van der Waals surface area contributed by atoms with E-state index in [1.165, 1.54) is 21.9 Å². The molecule has 2 aromatic rings. The van der Waals surface area contributed by atoms with Gasteiger partial charge in [-0.2, -0.15) is 0 Å². The first-order chi connectivity index (χ1) is 13.6. The van der Waals surface area contributed by atoms with Crippen LogP contribution < -0.4 is 9.62 Å². The van der Waals surface area contributed by atoms with Crippen molar-refractivity contribution in [2.24, 2.45) is 0 Å². The van der Waals surface area contributed by atoms with Crippen LogP contribution >= 0.6 is 0 Å². The molecule has 0 spiro atoms. The summed E-state index contributed by atoms with van der Waals surface area (Å²) in [4.78, 5) is 13.0. The molecule has 156 valence electrons. The van der Waals surface area contributed by atoms with E-state index in [-0.39, 0.29) is 11.9 Å². The number of benzene rings is 2. The lowest BCUT2D eigenvalue weighted by Gasteiger charge is -2.30. The van der Waals surface area contributed by atoms with Gasteiger partial charge in [-0.15, -0.1) is 0 Å². The number of aryl methyl sites for hydroxylation is 4. The van der Waals surface area contributed by atoms with Gasteiger partial charge < -0.3 is 5.32 Å². The van der Waals surface area contributed by atoms with Gasteiger partial charge in [-0.3, -0.25) is 9.10 Å². The van der Waals surface area contributed by atoms with Gasteiger partial charge >= 0.3 is 0 Å². The molecule has 0 fully saturated rings. The van der Waals surface area contributed by atoms with Crippen molar-refractivity contribution in [1.82, 2.24) is 5.32 Å². The van der Waals surface area contributed by atoms with Crippen LogP contribution in [0.4, 0.5) is 5.69 Å². The molecule has 1 aliphatic carbocycles. The highest BCUT2D eigenvalue weighted by Gasteiger charge is 2.31. The van der Waals surface area contributed by atoms with Crippen LogP contribution in [0.15, 0.2) is 36.4 Å². The van der Waals surface area contributed by atoms with Crippen molar-refractivity contribution in [2.45, 2.75) is 59.0 Å². The lowest BCUT2D eigenvalue weighted by molar-refractivity contribution is -0.122. The Morgan fingerprint density at radius 2 is 1.72 bits per heavy atom. The van der Waals surface area contributed by atoms with E-state index in [0.717, 1.165) is 35.8 Å². The third kappa shape index (κ3) is 4.64. The molecular weight excluding hydrogens is 384 g/mol. The summed E-state index contributed by atoms with van der Waals surface area (Å²) in [6, 6.07) is 10.9. The van der Waals surface area contributed by atoms with Crippen LogP contribution in [-0.2, 0) is 27.7 Å². The quantitative estimate of drug-likeness (QED) is 0.781. The predicted octanol–water partition coefficient (Wildman–Crippen LogP) is 3.82. The monoisotopic (exact) mass is 414 g/mol. The first-order valence-electron chi connectivity index (χ1n) is 10.1. The fourth-order valence-electron chi connectivity index (χ4n) is 4.02. The fraction of sp³-hybridized carbons (Fsp3) is 0.435. The van der Waals surface area contributed by atoms with E-state index in [0.29, 0.717) is 5.69 Å². The zero-order chi connectivity index (χ0) is 21.3. The van der Waals surface area contributed by atoms with Crippen molar-refractivity contribution in [1.29, 1.82) is 0 Å². The molecule has 0 radical (unpaired) electrons. The number of carbonyl (C=O) groups is 1. The van der Waals surface area contributed by atoms with E-state index in [2.05, 4.69) is 23.5 Å². The molecule has 0 unspecified atom stereocenters. The Bertz CT molecular complexity index is 1030. The van der Waals surface area contributed by atoms with Gasteiger partial charge in [-0.05, 0) is 80.8 Å². The molecule has 0 aromatic heterocycles. The maximum absolute atomic E-state index is 13.0. The van der Waals surface area contributed by atoms with Crippen LogP contribution in [0, 0.1) is 13.8 Å². The Morgan fingerprint density at radius 3 is 2.41 bits per heavy atom. The van der Waals surface area contributed by atoms with E-state index in [4.69, 9.17) is 0 Å². The molecule has 2 atom stereocenters. The molecule has 0 heterocycles. The molecule has 0 aliphatic heterocycles. The van der Waals surface area contributed by atoms with Crippen molar-refractivity contribution < 1.29 is 13.2 Å². The highest BCUT2D eigenvalue weighted by atomic mass is 32.2. The fourth-order valence-corrected chi connectivity index (χ4v) is 5.24. The number of hydrogen-bond donors (Lipinski definition) is 1. The SMILES string of the molecule is Cc1ccc(C)c(N([C@@H](C)C(=O)N[C@@H](C)c2ccc3c(c2)CCC3)S(C)(=O)=O)c1. The molecule has 0 saturated carbocycles. The summed E-state index contributed by atoms with van der Waals surface area (Å²) in [5.41, 5.74) is 6.08. The van der Waals surface area contributed by atoms with Crippen LogP contribution in [0.5, 0.6) is 0 Å². The largest absolute Gasteiger partial charge is 0.348 e. The average molecular weight is 415 g/mol. The van der Waals surface area contributed by atoms with Crippen LogP contribution in [-0.4, -0.2) is 26.6 Å². The van der Waals surface area contributed by atoms with Gasteiger partial charge in [0.2, 0.25) is 15.9 Å². The molecule has 3 rings (SSSR count). The van der Waals surface area contributed by atoms with Crippen LogP contribution in [0.25, 0.3) is 0 Å². The summed E-state index contributed by atoms with van der Waals surface area (Å²) in [5, 5.41) is 3.00. The molecule has 29 heavy (non-hydrogen) atoms. The van der Waals surface area contributed by atoms with E-state index in [9.17, 15) is 13.2 Å². The number of hydrogen-bond acceptors (Lipinski definition) is 3. The minimum Gasteiger partial charge on any atom is -0.348 e. The maximum atomic E-state index is 13.0. The van der Waals surface area contributed by atoms with Crippen molar-refractivity contribution in [3.63, 3.8) is 0 Å². The molecule has 0 bridgehead atoms. The van der Waals surface area contributed by atoms with E-state index in [1.807, 2.05) is 39.0 Å². The normalized spacial score (nSPS) is 15.5. The molecule has 6 heteroatoms. The second-order valence-corrected chi connectivity index (χ2v) is 10.00. The number of carbonyl (C=O) groups excluding carboxylic acids is 1. The first kappa shape index (κ1) is 21.4. The Balaban J connectivity index is 1.83. The molecule has 2 aromatic carbocycles. The lowest BCUT2D eigenvalue weighted by Crippen LogP contribution is -2.48. The van der Waals surface area contributed by atoms with E-state index >= 15 is 0 Å². The Morgan fingerprint density at radius 1 is 1.03 bits per heavy atom. The standard InChI is InChI=1S/C23H30N2O3S/c1-15-9-10-16(2)22(13-15)25(29(5,27)28)18(4)23(26)24-17(3)20-12-11-19-7-6-8-21(19)14-20/h9-14,17-18H,6-8H2,1-5H3,(H,24,26)/t17-,18-/m0/s1. The second kappa shape index (κ2) is 8.19. The third-order valence-corrected chi connectivity index (χ3v) is 6.90. The van der Waals surface area contributed by atoms with Gasteiger partial charge in [0, 0.05) is 0 Å². The molecule has 1 aliphatic rings. The van der Waals surface area contributed by atoms with E-state index in [1.54, 1.807) is 6.92 Å². The van der Waals surface area contributed by atoms with Gasteiger partial charge in [0.25, 0.3) is 0 Å². The highest BCUT2D eigenvalue weighted by Crippen LogP contribution is 2.28. The molecular formula is C23H30N2O3S. The third-order valence-electron chi connectivity index (χ3n) is 5.67. The van der Waals surface area contributed by atoms with Crippen molar-refractivity contribution in [3.05, 3.63) is 64.2 Å². The first-order valence-corrected chi connectivity index (χ1v) is 11.9. The maximum Gasteiger partial charge on any atom is 0.244 e. The zero-order valence-electron chi connectivity index (χ0n) is 17.8. The molecule has 0 saturated heterocycles. The van der Waals surface area contributed by atoms with Gasteiger partial charge in [0.15, 0.2) is 0 Å². The van der Waals surface area contributed by atoms with Crippen molar-refractivity contribution in [3.8, 4) is 0 Å². The highest BCUT2D eigenvalue weighted by molar-refractivity contribution is 7.92. The summed E-state index contributed by atoms with van der Waals surface area (Å²) in [5.74, 6) is -0.315. The summed E-state index contributed by atoms with van der Waals surface area (Å²) >= 11 is 0. The minimum atomic E-state index is -3.64. The van der Waals surface area contributed by atoms with E-state index < -0.39 is 16.1 Å². The molecule has 5 nitrogen and oxygen atoms in total. The summed E-state index contributed by atoms with van der Waals surface area (Å²) < 4.78 is 26.4.